The predicted molar refractivity (Wildman–Crippen MR) is 86.7 cm³/mol. The molecule has 0 fully saturated rings. The highest BCUT2D eigenvalue weighted by Crippen LogP contribution is 2.12. The van der Waals surface area contributed by atoms with Crippen LogP contribution in [0, 0.1) is 5.92 Å². The number of rotatable bonds is 11. The fourth-order valence-electron chi connectivity index (χ4n) is 2.58. The highest BCUT2D eigenvalue weighted by molar-refractivity contribution is 5.76. The normalized spacial score (nSPS) is 11.7. The molecule has 0 spiro atoms. The Balaban J connectivity index is 4.33. The number of carbonyl (C=O) groups is 1. The zero-order valence-electron chi connectivity index (χ0n) is 14.2. The number of hydrogen-bond acceptors (Lipinski definition) is 3. The monoisotopic (exact) mass is 285 g/mol. The van der Waals surface area contributed by atoms with Crippen molar-refractivity contribution >= 4 is 5.91 Å². The van der Waals surface area contributed by atoms with Gasteiger partial charge in [0, 0.05) is 39.1 Å². The van der Waals surface area contributed by atoms with E-state index in [0.717, 1.165) is 38.9 Å². The van der Waals surface area contributed by atoms with Crippen molar-refractivity contribution in [3.63, 3.8) is 0 Å². The van der Waals surface area contributed by atoms with Crippen molar-refractivity contribution in [1.29, 1.82) is 0 Å². The molecule has 0 aliphatic heterocycles. The summed E-state index contributed by atoms with van der Waals surface area (Å²) >= 11 is 0. The molecule has 0 unspecified atom stereocenters. The smallest absolute Gasteiger partial charge is 0.223 e. The minimum absolute atomic E-state index is 0.234. The third-order valence-corrected chi connectivity index (χ3v) is 3.79. The van der Waals surface area contributed by atoms with Gasteiger partial charge in [0.25, 0.3) is 0 Å². The van der Waals surface area contributed by atoms with Gasteiger partial charge in [0.05, 0.1) is 0 Å². The van der Waals surface area contributed by atoms with E-state index in [1.807, 2.05) is 11.9 Å². The third kappa shape index (κ3) is 7.85. The number of hydrogen-bond donors (Lipinski definition) is 1. The van der Waals surface area contributed by atoms with E-state index in [4.69, 9.17) is 5.73 Å². The van der Waals surface area contributed by atoms with Crippen LogP contribution in [0.1, 0.15) is 53.4 Å². The van der Waals surface area contributed by atoms with E-state index in [0.29, 0.717) is 24.9 Å². The van der Waals surface area contributed by atoms with Crippen LogP contribution >= 0.6 is 0 Å². The Morgan fingerprint density at radius 1 is 1.15 bits per heavy atom. The molecule has 0 aliphatic rings. The fourth-order valence-corrected chi connectivity index (χ4v) is 2.58. The van der Waals surface area contributed by atoms with Gasteiger partial charge < -0.3 is 10.6 Å². The number of amides is 1. The molecule has 0 bridgehead atoms. The summed E-state index contributed by atoms with van der Waals surface area (Å²) in [5, 5.41) is 0. The summed E-state index contributed by atoms with van der Waals surface area (Å²) in [6.45, 7) is 12.3. The minimum Gasteiger partial charge on any atom is -0.346 e. The van der Waals surface area contributed by atoms with Crippen LogP contribution in [0.15, 0.2) is 0 Å². The standard InChI is InChI=1S/C16H35N3O/c1-6-15(7-2)19(13-14(3)4)12-9-16(20)18(5)11-8-10-17/h14-15H,6-13,17H2,1-5H3. The second-order valence-electron chi connectivity index (χ2n) is 6.07. The molecule has 0 rings (SSSR count). The Bertz CT molecular complexity index is 252. The molecule has 0 aliphatic carbocycles. The van der Waals surface area contributed by atoms with Crippen LogP contribution in [0.2, 0.25) is 0 Å². The van der Waals surface area contributed by atoms with Gasteiger partial charge >= 0.3 is 0 Å². The van der Waals surface area contributed by atoms with Gasteiger partial charge in [-0.2, -0.15) is 0 Å². The zero-order valence-corrected chi connectivity index (χ0v) is 14.2. The van der Waals surface area contributed by atoms with Crippen molar-refractivity contribution in [2.45, 2.75) is 59.4 Å². The number of carbonyl (C=O) groups excluding carboxylic acids is 1. The zero-order chi connectivity index (χ0) is 15.5. The molecule has 4 heteroatoms. The minimum atomic E-state index is 0.234. The van der Waals surface area contributed by atoms with Gasteiger partial charge in [-0.15, -0.1) is 0 Å². The van der Waals surface area contributed by atoms with Gasteiger partial charge in [0.1, 0.15) is 0 Å². The van der Waals surface area contributed by atoms with E-state index in [9.17, 15) is 4.79 Å². The lowest BCUT2D eigenvalue weighted by Gasteiger charge is -2.32. The first-order chi connectivity index (χ1) is 9.46. The maximum absolute atomic E-state index is 12.1. The first-order valence-corrected chi connectivity index (χ1v) is 8.14. The molecular weight excluding hydrogens is 250 g/mol. The molecule has 0 saturated heterocycles. The van der Waals surface area contributed by atoms with Crippen LogP contribution in [0.5, 0.6) is 0 Å². The number of nitrogens with zero attached hydrogens (tertiary/aromatic N) is 2. The molecule has 0 aromatic carbocycles. The average molecular weight is 285 g/mol. The fraction of sp³-hybridized carbons (Fsp3) is 0.938. The first-order valence-electron chi connectivity index (χ1n) is 8.14. The summed E-state index contributed by atoms with van der Waals surface area (Å²) in [7, 11) is 1.88. The molecule has 0 aromatic rings. The van der Waals surface area contributed by atoms with E-state index in [-0.39, 0.29) is 5.91 Å². The topological polar surface area (TPSA) is 49.6 Å². The third-order valence-electron chi connectivity index (χ3n) is 3.79. The van der Waals surface area contributed by atoms with E-state index in [2.05, 4.69) is 32.6 Å². The van der Waals surface area contributed by atoms with Crippen LogP contribution in [0.4, 0.5) is 0 Å². The van der Waals surface area contributed by atoms with E-state index in [1.54, 1.807) is 0 Å². The molecule has 4 nitrogen and oxygen atoms in total. The Labute approximate surface area is 125 Å². The predicted octanol–water partition coefficient (Wildman–Crippen LogP) is 2.33. The number of nitrogens with two attached hydrogens (primary N) is 1. The van der Waals surface area contributed by atoms with Crippen LogP contribution in [0.3, 0.4) is 0 Å². The molecule has 0 radical (unpaired) electrons. The maximum Gasteiger partial charge on any atom is 0.223 e. The first kappa shape index (κ1) is 19.4. The SMILES string of the molecule is CCC(CC)N(CCC(=O)N(C)CCCN)CC(C)C. The highest BCUT2D eigenvalue weighted by atomic mass is 16.2. The molecule has 0 saturated carbocycles. The summed E-state index contributed by atoms with van der Waals surface area (Å²) in [6.07, 6.45) is 3.80. The average Bonchev–Trinajstić information content (AvgIpc) is 2.42. The Morgan fingerprint density at radius 2 is 1.75 bits per heavy atom. The summed E-state index contributed by atoms with van der Waals surface area (Å²) < 4.78 is 0. The molecule has 20 heavy (non-hydrogen) atoms. The van der Waals surface area contributed by atoms with E-state index < -0.39 is 0 Å². The lowest BCUT2D eigenvalue weighted by molar-refractivity contribution is -0.130. The lowest BCUT2D eigenvalue weighted by Crippen LogP contribution is -2.40. The maximum atomic E-state index is 12.1. The van der Waals surface area contributed by atoms with E-state index >= 15 is 0 Å². The van der Waals surface area contributed by atoms with Crippen molar-refractivity contribution in [2.75, 3.05) is 33.2 Å². The Morgan fingerprint density at radius 3 is 2.20 bits per heavy atom. The van der Waals surface area contributed by atoms with Gasteiger partial charge in [0.15, 0.2) is 0 Å². The Kier molecular flexibility index (Phi) is 10.8. The van der Waals surface area contributed by atoms with Crippen molar-refractivity contribution in [1.82, 2.24) is 9.80 Å². The van der Waals surface area contributed by atoms with Gasteiger partial charge in [0.2, 0.25) is 5.91 Å². The van der Waals surface area contributed by atoms with Crippen molar-refractivity contribution in [3.8, 4) is 0 Å². The largest absolute Gasteiger partial charge is 0.346 e. The van der Waals surface area contributed by atoms with Crippen LogP contribution < -0.4 is 5.73 Å². The van der Waals surface area contributed by atoms with Crippen LogP contribution in [-0.2, 0) is 4.79 Å². The van der Waals surface area contributed by atoms with Gasteiger partial charge in [-0.05, 0) is 31.7 Å². The summed E-state index contributed by atoms with van der Waals surface area (Å²) in [5.74, 6) is 0.874. The van der Waals surface area contributed by atoms with Crippen molar-refractivity contribution in [3.05, 3.63) is 0 Å². The van der Waals surface area contributed by atoms with Crippen LogP contribution in [-0.4, -0.2) is 55.0 Å². The van der Waals surface area contributed by atoms with Gasteiger partial charge in [-0.25, -0.2) is 0 Å². The van der Waals surface area contributed by atoms with Gasteiger partial charge in [-0.3, -0.25) is 9.69 Å². The summed E-state index contributed by atoms with van der Waals surface area (Å²) in [4.78, 5) is 16.4. The highest BCUT2D eigenvalue weighted by Gasteiger charge is 2.18. The second-order valence-corrected chi connectivity index (χ2v) is 6.07. The molecule has 0 aromatic heterocycles. The molecule has 0 heterocycles. The van der Waals surface area contributed by atoms with Crippen molar-refractivity contribution < 1.29 is 4.79 Å². The second kappa shape index (κ2) is 11.1. The van der Waals surface area contributed by atoms with Crippen LogP contribution in [0.25, 0.3) is 0 Å². The quantitative estimate of drug-likeness (QED) is 0.634. The van der Waals surface area contributed by atoms with E-state index in [1.165, 1.54) is 0 Å². The summed E-state index contributed by atoms with van der Waals surface area (Å²) in [5.41, 5.74) is 5.48. The molecule has 120 valence electrons. The molecule has 2 N–H and O–H groups in total. The van der Waals surface area contributed by atoms with Gasteiger partial charge in [-0.1, -0.05) is 27.7 Å². The molecule has 1 amide bonds. The van der Waals surface area contributed by atoms with Crippen molar-refractivity contribution in [2.24, 2.45) is 11.7 Å². The lowest BCUT2D eigenvalue weighted by atomic mass is 10.1. The molecular formula is C16H35N3O. The Hall–Kier alpha value is -0.610. The summed E-state index contributed by atoms with van der Waals surface area (Å²) in [6, 6.07) is 0.597. The molecule has 0 atom stereocenters.